The van der Waals surface area contributed by atoms with Crippen LogP contribution >= 0.6 is 11.8 Å². The van der Waals surface area contributed by atoms with E-state index in [2.05, 4.69) is 5.32 Å². The summed E-state index contributed by atoms with van der Waals surface area (Å²) in [5, 5.41) is 3.14. The van der Waals surface area contributed by atoms with E-state index in [1.54, 1.807) is 11.8 Å². The van der Waals surface area contributed by atoms with Crippen molar-refractivity contribution in [3.05, 3.63) is 0 Å². The molecule has 2 aliphatic rings. The van der Waals surface area contributed by atoms with E-state index in [0.29, 0.717) is 25.3 Å². The number of carbonyl (C=O) groups excluding carboxylic acids is 1. The van der Waals surface area contributed by atoms with E-state index in [9.17, 15) is 4.79 Å². The summed E-state index contributed by atoms with van der Waals surface area (Å²) in [6.45, 7) is 1.27. The molecule has 1 atom stereocenters. The van der Waals surface area contributed by atoms with E-state index >= 15 is 0 Å². The smallest absolute Gasteiger partial charge is 0.233 e. The molecule has 1 saturated heterocycles. The first kappa shape index (κ1) is 14.2. The zero-order valence-corrected chi connectivity index (χ0v) is 11.7. The van der Waals surface area contributed by atoms with Crippen molar-refractivity contribution >= 4 is 17.7 Å². The molecule has 2 fully saturated rings. The lowest BCUT2D eigenvalue weighted by Gasteiger charge is -2.26. The van der Waals surface area contributed by atoms with Crippen molar-refractivity contribution in [1.29, 1.82) is 0 Å². The molecule has 1 saturated carbocycles. The van der Waals surface area contributed by atoms with Gasteiger partial charge in [-0.2, -0.15) is 0 Å². The highest BCUT2D eigenvalue weighted by Gasteiger charge is 2.23. The van der Waals surface area contributed by atoms with E-state index in [0.717, 1.165) is 37.9 Å². The van der Waals surface area contributed by atoms with Crippen LogP contribution in [0.15, 0.2) is 0 Å². The number of thioether (sulfide) groups is 1. The van der Waals surface area contributed by atoms with Crippen LogP contribution < -0.4 is 11.1 Å². The summed E-state index contributed by atoms with van der Waals surface area (Å²) in [5.74, 6) is 1.31. The second kappa shape index (κ2) is 7.36. The van der Waals surface area contributed by atoms with Gasteiger partial charge in [-0.15, -0.1) is 11.8 Å². The van der Waals surface area contributed by atoms with Gasteiger partial charge < -0.3 is 15.8 Å². The number of carbonyl (C=O) groups is 1. The highest BCUT2D eigenvalue weighted by atomic mass is 32.2. The third-order valence-corrected chi connectivity index (χ3v) is 5.07. The Hall–Kier alpha value is -0.260. The van der Waals surface area contributed by atoms with Crippen molar-refractivity contribution in [3.8, 4) is 0 Å². The van der Waals surface area contributed by atoms with Crippen molar-refractivity contribution in [2.45, 2.75) is 55.9 Å². The Morgan fingerprint density at radius 2 is 2.06 bits per heavy atom. The van der Waals surface area contributed by atoms with E-state index in [1.165, 1.54) is 6.42 Å². The molecule has 1 aliphatic heterocycles. The topological polar surface area (TPSA) is 64.3 Å². The summed E-state index contributed by atoms with van der Waals surface area (Å²) in [7, 11) is 0. The molecule has 4 nitrogen and oxygen atoms in total. The Morgan fingerprint density at radius 1 is 1.28 bits per heavy atom. The number of amides is 1. The Bertz CT molecular complexity index is 262. The van der Waals surface area contributed by atoms with Crippen LogP contribution in [0.3, 0.4) is 0 Å². The van der Waals surface area contributed by atoms with Gasteiger partial charge in [0, 0.05) is 12.6 Å². The highest BCUT2D eigenvalue weighted by molar-refractivity contribution is 8.00. The largest absolute Gasteiger partial charge is 0.376 e. The van der Waals surface area contributed by atoms with E-state index < -0.39 is 0 Å². The van der Waals surface area contributed by atoms with Gasteiger partial charge in [-0.3, -0.25) is 4.79 Å². The molecule has 0 aromatic heterocycles. The molecule has 1 unspecified atom stereocenters. The average molecular weight is 272 g/mol. The zero-order chi connectivity index (χ0) is 12.8. The minimum Gasteiger partial charge on any atom is -0.376 e. The maximum atomic E-state index is 11.7. The molecule has 1 heterocycles. The Morgan fingerprint density at radius 3 is 2.72 bits per heavy atom. The number of nitrogens with two attached hydrogens (primary N) is 1. The first-order chi connectivity index (χ1) is 8.75. The molecule has 0 radical (unpaired) electrons. The average Bonchev–Trinajstić information content (AvgIpc) is 2.90. The Kier molecular flexibility index (Phi) is 5.79. The number of hydrogen-bond acceptors (Lipinski definition) is 4. The Balaban J connectivity index is 1.51. The van der Waals surface area contributed by atoms with Gasteiger partial charge in [0.15, 0.2) is 0 Å². The van der Waals surface area contributed by atoms with Crippen LogP contribution in [0, 0.1) is 0 Å². The molecule has 5 heteroatoms. The van der Waals surface area contributed by atoms with Crippen LogP contribution in [0.25, 0.3) is 0 Å². The minimum atomic E-state index is 0.178. The van der Waals surface area contributed by atoms with Crippen molar-refractivity contribution in [2.24, 2.45) is 5.73 Å². The molecule has 104 valence electrons. The SMILES string of the molecule is NC1CCC(OCCNC(=O)C2CCCS2)CC1. The second-order valence-electron chi connectivity index (χ2n) is 5.20. The van der Waals surface area contributed by atoms with Gasteiger partial charge in [-0.1, -0.05) is 0 Å². The van der Waals surface area contributed by atoms with Crippen LogP contribution in [0.4, 0.5) is 0 Å². The molecule has 0 aromatic carbocycles. The fraction of sp³-hybridized carbons (Fsp3) is 0.923. The first-order valence-electron chi connectivity index (χ1n) is 7.02. The lowest BCUT2D eigenvalue weighted by molar-refractivity contribution is -0.121. The standard InChI is InChI=1S/C13H24N2O2S/c14-10-3-5-11(6-4-10)17-8-7-15-13(16)12-2-1-9-18-12/h10-12H,1-9,14H2,(H,15,16). The second-order valence-corrected chi connectivity index (χ2v) is 6.51. The van der Waals surface area contributed by atoms with Gasteiger partial charge in [0.2, 0.25) is 5.91 Å². The number of ether oxygens (including phenoxy) is 1. The normalized spacial score (nSPS) is 32.4. The fourth-order valence-electron chi connectivity index (χ4n) is 2.55. The maximum absolute atomic E-state index is 11.7. The monoisotopic (exact) mass is 272 g/mol. The summed E-state index contributed by atoms with van der Waals surface area (Å²) in [5.41, 5.74) is 5.85. The predicted octanol–water partition coefficient (Wildman–Crippen LogP) is 1.28. The summed E-state index contributed by atoms with van der Waals surface area (Å²) in [6.07, 6.45) is 6.80. The molecule has 1 amide bonds. The summed E-state index contributed by atoms with van der Waals surface area (Å²) in [4.78, 5) is 11.7. The van der Waals surface area contributed by atoms with Gasteiger partial charge in [0.1, 0.15) is 0 Å². The van der Waals surface area contributed by atoms with Crippen molar-refractivity contribution < 1.29 is 9.53 Å². The third kappa shape index (κ3) is 4.44. The predicted molar refractivity (Wildman–Crippen MR) is 74.7 cm³/mol. The summed E-state index contributed by atoms with van der Waals surface area (Å²) >= 11 is 1.77. The molecular weight excluding hydrogens is 248 g/mol. The van der Waals surface area contributed by atoms with E-state index in [-0.39, 0.29) is 11.2 Å². The number of nitrogens with one attached hydrogen (secondary N) is 1. The first-order valence-corrected chi connectivity index (χ1v) is 8.07. The molecule has 1 aliphatic carbocycles. The summed E-state index contributed by atoms with van der Waals surface area (Å²) in [6, 6.07) is 0.365. The van der Waals surface area contributed by atoms with Crippen LogP contribution in [0.1, 0.15) is 38.5 Å². The highest BCUT2D eigenvalue weighted by Crippen LogP contribution is 2.25. The van der Waals surface area contributed by atoms with Gasteiger partial charge >= 0.3 is 0 Å². The molecule has 2 rings (SSSR count). The zero-order valence-electron chi connectivity index (χ0n) is 10.9. The van der Waals surface area contributed by atoms with Crippen LogP contribution in [-0.2, 0) is 9.53 Å². The van der Waals surface area contributed by atoms with E-state index in [1.807, 2.05) is 0 Å². The Labute approximate surface area is 113 Å². The lowest BCUT2D eigenvalue weighted by Crippen LogP contribution is -2.35. The van der Waals surface area contributed by atoms with Gasteiger partial charge in [-0.05, 0) is 44.3 Å². The fourth-order valence-corrected chi connectivity index (χ4v) is 3.74. The molecule has 0 spiro atoms. The lowest BCUT2D eigenvalue weighted by atomic mass is 9.94. The number of hydrogen-bond donors (Lipinski definition) is 2. The van der Waals surface area contributed by atoms with Crippen molar-refractivity contribution in [2.75, 3.05) is 18.9 Å². The maximum Gasteiger partial charge on any atom is 0.233 e. The quantitative estimate of drug-likeness (QED) is 0.740. The van der Waals surface area contributed by atoms with Crippen LogP contribution in [0.2, 0.25) is 0 Å². The van der Waals surface area contributed by atoms with Crippen LogP contribution in [-0.4, -0.2) is 42.2 Å². The van der Waals surface area contributed by atoms with Crippen LogP contribution in [0.5, 0.6) is 0 Å². The minimum absolute atomic E-state index is 0.178. The van der Waals surface area contributed by atoms with Crippen molar-refractivity contribution in [1.82, 2.24) is 5.32 Å². The molecular formula is C13H24N2O2S. The molecule has 0 aromatic rings. The molecule has 0 bridgehead atoms. The van der Waals surface area contributed by atoms with Gasteiger partial charge in [0.05, 0.1) is 18.0 Å². The molecule has 18 heavy (non-hydrogen) atoms. The summed E-state index contributed by atoms with van der Waals surface area (Å²) < 4.78 is 5.77. The molecule has 3 N–H and O–H groups in total. The van der Waals surface area contributed by atoms with Gasteiger partial charge in [-0.25, -0.2) is 0 Å². The van der Waals surface area contributed by atoms with Crippen molar-refractivity contribution in [3.63, 3.8) is 0 Å². The third-order valence-electron chi connectivity index (χ3n) is 3.70. The van der Waals surface area contributed by atoms with Gasteiger partial charge in [0.25, 0.3) is 0 Å². The number of rotatable bonds is 5. The van der Waals surface area contributed by atoms with E-state index in [4.69, 9.17) is 10.5 Å².